The van der Waals surface area contributed by atoms with Gasteiger partial charge in [-0.05, 0) is 28.4 Å². The number of rotatable bonds is 4. The van der Waals surface area contributed by atoms with E-state index in [9.17, 15) is 0 Å². The first-order valence-electron chi connectivity index (χ1n) is 4.47. The van der Waals surface area contributed by atoms with Crippen LogP contribution in [0.1, 0.15) is 12.3 Å². The number of aryl methyl sites for hydroxylation is 1. The van der Waals surface area contributed by atoms with Gasteiger partial charge in [0.25, 0.3) is 0 Å². The van der Waals surface area contributed by atoms with Gasteiger partial charge in [-0.1, -0.05) is 5.16 Å². The predicted octanol–water partition coefficient (Wildman–Crippen LogP) is 2.49. The summed E-state index contributed by atoms with van der Waals surface area (Å²) in [5.41, 5.74) is 0. The molecule has 0 amide bonds. The fourth-order valence-electron chi connectivity index (χ4n) is 1.12. The molecule has 0 saturated carbocycles. The van der Waals surface area contributed by atoms with Crippen LogP contribution in [0.25, 0.3) is 10.7 Å². The van der Waals surface area contributed by atoms with Crippen LogP contribution in [0.15, 0.2) is 20.4 Å². The Hall–Kier alpha value is -0.720. The Morgan fingerprint density at radius 1 is 1.53 bits per heavy atom. The SMILES string of the molecule is OCCCc1nc(-c2cc(Br)cs2)no1. The monoisotopic (exact) mass is 288 g/mol. The molecule has 0 saturated heterocycles. The largest absolute Gasteiger partial charge is 0.396 e. The first-order valence-corrected chi connectivity index (χ1v) is 6.14. The van der Waals surface area contributed by atoms with Crippen LogP contribution in [-0.4, -0.2) is 21.9 Å². The van der Waals surface area contributed by atoms with Gasteiger partial charge < -0.3 is 9.63 Å². The Kier molecular flexibility index (Phi) is 3.50. The minimum absolute atomic E-state index is 0.141. The van der Waals surface area contributed by atoms with Gasteiger partial charge in [0.05, 0.1) is 4.88 Å². The predicted molar refractivity (Wildman–Crippen MR) is 60.7 cm³/mol. The Morgan fingerprint density at radius 3 is 3.07 bits per heavy atom. The normalized spacial score (nSPS) is 10.8. The first kappa shape index (κ1) is 10.8. The summed E-state index contributed by atoms with van der Waals surface area (Å²) in [6.45, 7) is 0.141. The van der Waals surface area contributed by atoms with Crippen LogP contribution in [0.2, 0.25) is 0 Å². The third-order valence-corrected chi connectivity index (χ3v) is 3.49. The molecule has 2 aromatic heterocycles. The van der Waals surface area contributed by atoms with Crippen LogP contribution in [0.3, 0.4) is 0 Å². The second-order valence-electron chi connectivity index (χ2n) is 2.97. The van der Waals surface area contributed by atoms with Crippen LogP contribution in [0.5, 0.6) is 0 Å². The molecule has 2 aromatic rings. The van der Waals surface area contributed by atoms with Crippen molar-refractivity contribution in [1.29, 1.82) is 0 Å². The second kappa shape index (κ2) is 4.87. The van der Waals surface area contributed by atoms with Gasteiger partial charge in [0.15, 0.2) is 0 Å². The number of aliphatic hydroxyl groups is 1. The van der Waals surface area contributed by atoms with Crippen molar-refractivity contribution in [2.75, 3.05) is 6.61 Å². The maximum Gasteiger partial charge on any atom is 0.227 e. The highest BCUT2D eigenvalue weighted by molar-refractivity contribution is 9.10. The fraction of sp³-hybridized carbons (Fsp3) is 0.333. The zero-order chi connectivity index (χ0) is 10.7. The summed E-state index contributed by atoms with van der Waals surface area (Å²) in [4.78, 5) is 5.21. The molecular formula is C9H9BrN2O2S. The molecular weight excluding hydrogens is 280 g/mol. The molecule has 0 unspecified atom stereocenters. The molecule has 6 heteroatoms. The van der Waals surface area contributed by atoms with Crippen molar-refractivity contribution >= 4 is 27.3 Å². The zero-order valence-corrected chi connectivity index (χ0v) is 10.2. The van der Waals surface area contributed by atoms with E-state index in [-0.39, 0.29) is 6.61 Å². The number of halogens is 1. The van der Waals surface area contributed by atoms with Crippen LogP contribution in [0.4, 0.5) is 0 Å². The molecule has 2 heterocycles. The van der Waals surface area contributed by atoms with Gasteiger partial charge in [0.1, 0.15) is 0 Å². The summed E-state index contributed by atoms with van der Waals surface area (Å²) >= 11 is 4.93. The molecule has 0 radical (unpaired) electrons. The van der Waals surface area contributed by atoms with Crippen LogP contribution in [0, 0.1) is 0 Å². The molecule has 0 aliphatic rings. The smallest absolute Gasteiger partial charge is 0.227 e. The molecule has 0 bridgehead atoms. The molecule has 80 valence electrons. The Labute approximate surface area is 99.1 Å². The van der Waals surface area contributed by atoms with E-state index >= 15 is 0 Å². The highest BCUT2D eigenvalue weighted by atomic mass is 79.9. The summed E-state index contributed by atoms with van der Waals surface area (Å²) in [5.74, 6) is 1.18. The summed E-state index contributed by atoms with van der Waals surface area (Å²) in [5, 5.41) is 14.5. The Bertz CT molecular complexity index is 441. The standard InChI is InChI=1S/C9H9BrN2O2S/c10-6-4-7(15-5-6)9-11-8(14-12-9)2-1-3-13/h4-5,13H,1-3H2. The van der Waals surface area contributed by atoms with Gasteiger partial charge in [-0.2, -0.15) is 4.98 Å². The van der Waals surface area contributed by atoms with Crippen LogP contribution < -0.4 is 0 Å². The van der Waals surface area contributed by atoms with E-state index in [0.29, 0.717) is 24.6 Å². The third-order valence-electron chi connectivity index (χ3n) is 1.80. The molecule has 0 aliphatic carbocycles. The lowest BCUT2D eigenvalue weighted by Gasteiger charge is -1.87. The Morgan fingerprint density at radius 2 is 2.40 bits per heavy atom. The average molecular weight is 289 g/mol. The summed E-state index contributed by atoms with van der Waals surface area (Å²) in [6, 6.07) is 1.95. The van der Waals surface area contributed by atoms with Gasteiger partial charge in [0.2, 0.25) is 11.7 Å². The lowest BCUT2D eigenvalue weighted by Crippen LogP contribution is -1.89. The minimum Gasteiger partial charge on any atom is -0.396 e. The highest BCUT2D eigenvalue weighted by Crippen LogP contribution is 2.27. The molecule has 2 rings (SSSR count). The molecule has 4 nitrogen and oxygen atoms in total. The van der Waals surface area contributed by atoms with Gasteiger partial charge in [0, 0.05) is 22.9 Å². The summed E-state index contributed by atoms with van der Waals surface area (Å²) < 4.78 is 6.07. The summed E-state index contributed by atoms with van der Waals surface area (Å²) in [6.07, 6.45) is 1.27. The number of nitrogens with zero attached hydrogens (tertiary/aromatic N) is 2. The van der Waals surface area contributed by atoms with Crippen molar-refractivity contribution in [2.45, 2.75) is 12.8 Å². The topological polar surface area (TPSA) is 59.2 Å². The van der Waals surface area contributed by atoms with E-state index in [1.54, 1.807) is 11.3 Å². The minimum atomic E-state index is 0.141. The lowest BCUT2D eigenvalue weighted by atomic mass is 10.3. The third kappa shape index (κ3) is 2.64. The van der Waals surface area contributed by atoms with Crippen molar-refractivity contribution in [3.8, 4) is 10.7 Å². The molecule has 0 aliphatic heterocycles. The lowest BCUT2D eigenvalue weighted by molar-refractivity contribution is 0.278. The van der Waals surface area contributed by atoms with E-state index in [0.717, 1.165) is 9.35 Å². The molecule has 1 N–H and O–H groups in total. The van der Waals surface area contributed by atoms with Crippen LogP contribution >= 0.6 is 27.3 Å². The van der Waals surface area contributed by atoms with E-state index in [4.69, 9.17) is 9.63 Å². The fourth-order valence-corrected chi connectivity index (χ4v) is 2.47. The maximum absolute atomic E-state index is 8.66. The van der Waals surface area contributed by atoms with Crippen molar-refractivity contribution < 1.29 is 9.63 Å². The average Bonchev–Trinajstić information content (AvgIpc) is 2.83. The Balaban J connectivity index is 2.13. The van der Waals surface area contributed by atoms with Crippen molar-refractivity contribution in [2.24, 2.45) is 0 Å². The maximum atomic E-state index is 8.66. The van der Waals surface area contributed by atoms with Crippen molar-refractivity contribution in [3.63, 3.8) is 0 Å². The summed E-state index contributed by atoms with van der Waals surface area (Å²) in [7, 11) is 0. The van der Waals surface area contributed by atoms with E-state index in [2.05, 4.69) is 26.1 Å². The zero-order valence-electron chi connectivity index (χ0n) is 7.81. The number of aliphatic hydroxyl groups excluding tert-OH is 1. The van der Waals surface area contributed by atoms with Crippen molar-refractivity contribution in [3.05, 3.63) is 21.8 Å². The first-order chi connectivity index (χ1) is 7.29. The quantitative estimate of drug-likeness (QED) is 0.939. The van der Waals surface area contributed by atoms with Gasteiger partial charge in [-0.25, -0.2) is 0 Å². The molecule has 0 atom stereocenters. The molecule has 15 heavy (non-hydrogen) atoms. The molecule has 0 spiro atoms. The molecule has 0 aromatic carbocycles. The van der Waals surface area contributed by atoms with Gasteiger partial charge in [-0.3, -0.25) is 0 Å². The van der Waals surface area contributed by atoms with E-state index in [1.165, 1.54) is 0 Å². The molecule has 0 fully saturated rings. The van der Waals surface area contributed by atoms with E-state index < -0.39 is 0 Å². The van der Waals surface area contributed by atoms with Gasteiger partial charge >= 0.3 is 0 Å². The van der Waals surface area contributed by atoms with Crippen LogP contribution in [-0.2, 0) is 6.42 Å². The second-order valence-corrected chi connectivity index (χ2v) is 4.79. The number of hydrogen-bond donors (Lipinski definition) is 1. The number of hydrogen-bond acceptors (Lipinski definition) is 5. The van der Waals surface area contributed by atoms with Gasteiger partial charge in [-0.15, -0.1) is 11.3 Å². The number of aromatic nitrogens is 2. The van der Waals surface area contributed by atoms with E-state index in [1.807, 2.05) is 11.4 Å². The number of thiophene rings is 1. The van der Waals surface area contributed by atoms with Crippen molar-refractivity contribution in [1.82, 2.24) is 10.1 Å². The highest BCUT2D eigenvalue weighted by Gasteiger charge is 2.09.